The molecule has 0 spiro atoms. The molecule has 1 unspecified atom stereocenters. The summed E-state index contributed by atoms with van der Waals surface area (Å²) in [5, 5.41) is 2.67. The van der Waals surface area contributed by atoms with E-state index in [1.165, 1.54) is 0 Å². The van der Waals surface area contributed by atoms with Crippen molar-refractivity contribution in [2.75, 3.05) is 25.7 Å². The third-order valence-corrected chi connectivity index (χ3v) is 3.58. The summed E-state index contributed by atoms with van der Waals surface area (Å²) in [6.07, 6.45) is 0.539. The van der Waals surface area contributed by atoms with Crippen LogP contribution in [-0.2, 0) is 9.59 Å². The number of methoxy groups -OCH3 is 2. The van der Waals surface area contributed by atoms with Gasteiger partial charge in [-0.2, -0.15) is 0 Å². The molecule has 0 bridgehead atoms. The molecule has 0 aromatic heterocycles. The summed E-state index contributed by atoms with van der Waals surface area (Å²) in [5.41, 5.74) is 6.19. The van der Waals surface area contributed by atoms with E-state index in [1.807, 2.05) is 0 Å². The Morgan fingerprint density at radius 1 is 1.32 bits per heavy atom. The second-order valence-corrected chi connectivity index (χ2v) is 5.20. The monoisotopic (exact) mass is 307 g/mol. The molecule has 1 fully saturated rings. The van der Waals surface area contributed by atoms with Crippen LogP contribution < -0.4 is 25.4 Å². The number of amides is 2. The molecule has 7 nitrogen and oxygen atoms in total. The van der Waals surface area contributed by atoms with Crippen LogP contribution in [0.5, 0.6) is 11.5 Å². The maximum Gasteiger partial charge on any atom is 0.249 e. The molecule has 120 valence electrons. The molecule has 0 radical (unpaired) electrons. The van der Waals surface area contributed by atoms with Crippen molar-refractivity contribution in [1.82, 2.24) is 5.32 Å². The SMILES string of the molecule is COc1cc(OC)cc(N2CCC(NC(=O)[C@H](C)N)C2=O)c1. The molecule has 3 N–H and O–H groups in total. The molecule has 2 rings (SSSR count). The first-order valence-corrected chi connectivity index (χ1v) is 7.06. The molecule has 1 saturated heterocycles. The molecule has 1 heterocycles. The molecule has 1 aromatic carbocycles. The van der Waals surface area contributed by atoms with E-state index in [0.29, 0.717) is 30.2 Å². The molecule has 2 amide bonds. The van der Waals surface area contributed by atoms with E-state index in [-0.39, 0.29) is 11.8 Å². The van der Waals surface area contributed by atoms with E-state index < -0.39 is 12.1 Å². The van der Waals surface area contributed by atoms with Gasteiger partial charge in [0.05, 0.1) is 25.9 Å². The second kappa shape index (κ2) is 6.65. The predicted molar refractivity (Wildman–Crippen MR) is 82.1 cm³/mol. The van der Waals surface area contributed by atoms with Crippen molar-refractivity contribution in [1.29, 1.82) is 0 Å². The molecule has 1 aliphatic heterocycles. The van der Waals surface area contributed by atoms with Gasteiger partial charge in [-0.1, -0.05) is 0 Å². The van der Waals surface area contributed by atoms with Crippen LogP contribution in [0.4, 0.5) is 5.69 Å². The van der Waals surface area contributed by atoms with E-state index in [9.17, 15) is 9.59 Å². The zero-order chi connectivity index (χ0) is 16.3. The van der Waals surface area contributed by atoms with Gasteiger partial charge in [-0.15, -0.1) is 0 Å². The summed E-state index contributed by atoms with van der Waals surface area (Å²) in [6.45, 7) is 2.10. The number of nitrogens with one attached hydrogen (secondary N) is 1. The van der Waals surface area contributed by atoms with Crippen molar-refractivity contribution in [2.24, 2.45) is 5.73 Å². The van der Waals surface area contributed by atoms with Gasteiger partial charge in [0.15, 0.2) is 0 Å². The van der Waals surface area contributed by atoms with E-state index in [0.717, 1.165) is 0 Å². The average molecular weight is 307 g/mol. The molecule has 2 atom stereocenters. The number of benzene rings is 1. The van der Waals surface area contributed by atoms with Crippen LogP contribution in [0.15, 0.2) is 18.2 Å². The van der Waals surface area contributed by atoms with Crippen LogP contribution in [0, 0.1) is 0 Å². The number of nitrogens with zero attached hydrogens (tertiary/aromatic N) is 1. The minimum absolute atomic E-state index is 0.163. The van der Waals surface area contributed by atoms with E-state index in [4.69, 9.17) is 15.2 Å². The summed E-state index contributed by atoms with van der Waals surface area (Å²) in [4.78, 5) is 25.7. The summed E-state index contributed by atoms with van der Waals surface area (Å²) >= 11 is 0. The Hall–Kier alpha value is -2.28. The van der Waals surface area contributed by atoms with Gasteiger partial charge in [-0.25, -0.2) is 0 Å². The van der Waals surface area contributed by atoms with Crippen molar-refractivity contribution < 1.29 is 19.1 Å². The predicted octanol–water partition coefficient (Wildman–Crippen LogP) is 0.273. The van der Waals surface area contributed by atoms with Gasteiger partial charge in [-0.05, 0) is 13.3 Å². The summed E-state index contributed by atoms with van der Waals surface area (Å²) in [6, 6.07) is 4.07. The van der Waals surface area contributed by atoms with Crippen LogP contribution in [-0.4, -0.2) is 44.7 Å². The van der Waals surface area contributed by atoms with Gasteiger partial charge in [0.2, 0.25) is 11.8 Å². The smallest absolute Gasteiger partial charge is 0.249 e. The fourth-order valence-electron chi connectivity index (χ4n) is 2.32. The maximum atomic E-state index is 12.5. The Bertz CT molecular complexity index is 552. The van der Waals surface area contributed by atoms with Gasteiger partial charge in [0, 0.05) is 24.7 Å². The van der Waals surface area contributed by atoms with Crippen LogP contribution in [0.2, 0.25) is 0 Å². The highest BCUT2D eigenvalue weighted by molar-refractivity contribution is 6.02. The van der Waals surface area contributed by atoms with E-state index in [2.05, 4.69) is 5.32 Å². The molecule has 7 heteroatoms. The number of carbonyl (C=O) groups excluding carboxylic acids is 2. The number of hydrogen-bond acceptors (Lipinski definition) is 5. The van der Waals surface area contributed by atoms with E-state index >= 15 is 0 Å². The summed E-state index contributed by atoms with van der Waals surface area (Å²) in [5.74, 6) is 0.711. The molecular formula is C15H21N3O4. The van der Waals surface area contributed by atoms with Crippen molar-refractivity contribution in [3.05, 3.63) is 18.2 Å². The highest BCUT2D eigenvalue weighted by atomic mass is 16.5. The second-order valence-electron chi connectivity index (χ2n) is 5.20. The Morgan fingerprint density at radius 3 is 2.41 bits per heavy atom. The third-order valence-electron chi connectivity index (χ3n) is 3.58. The molecule has 22 heavy (non-hydrogen) atoms. The standard InChI is InChI=1S/C15H21N3O4/c1-9(16)14(19)17-13-4-5-18(15(13)20)10-6-11(21-2)8-12(7-10)22-3/h6-9,13H,4-5,16H2,1-3H3,(H,17,19)/t9-,13?/m0/s1. The molecule has 1 aliphatic rings. The first-order valence-electron chi connectivity index (χ1n) is 7.06. The Morgan fingerprint density at radius 2 is 1.91 bits per heavy atom. The lowest BCUT2D eigenvalue weighted by Crippen LogP contribution is -2.47. The summed E-state index contributed by atoms with van der Waals surface area (Å²) in [7, 11) is 3.10. The number of rotatable bonds is 5. The quantitative estimate of drug-likeness (QED) is 0.814. The zero-order valence-electron chi connectivity index (χ0n) is 13.0. The van der Waals surface area contributed by atoms with Crippen molar-refractivity contribution in [3.8, 4) is 11.5 Å². The Labute approximate surface area is 129 Å². The summed E-state index contributed by atoms with van der Waals surface area (Å²) < 4.78 is 10.4. The lowest BCUT2D eigenvalue weighted by atomic mass is 10.2. The number of anilines is 1. The van der Waals surface area contributed by atoms with Crippen LogP contribution >= 0.6 is 0 Å². The molecule has 0 saturated carbocycles. The van der Waals surface area contributed by atoms with Gasteiger partial charge >= 0.3 is 0 Å². The van der Waals surface area contributed by atoms with Gasteiger partial charge in [0.25, 0.3) is 0 Å². The van der Waals surface area contributed by atoms with Crippen molar-refractivity contribution >= 4 is 17.5 Å². The Kier molecular flexibility index (Phi) is 4.87. The molecule has 0 aliphatic carbocycles. The van der Waals surface area contributed by atoms with Crippen LogP contribution in [0.1, 0.15) is 13.3 Å². The van der Waals surface area contributed by atoms with Crippen LogP contribution in [0.25, 0.3) is 0 Å². The van der Waals surface area contributed by atoms with Crippen LogP contribution in [0.3, 0.4) is 0 Å². The van der Waals surface area contributed by atoms with Crippen molar-refractivity contribution in [3.63, 3.8) is 0 Å². The highest BCUT2D eigenvalue weighted by Crippen LogP contribution is 2.30. The fraction of sp³-hybridized carbons (Fsp3) is 0.467. The minimum atomic E-state index is -0.640. The normalized spacial score (nSPS) is 19.0. The number of ether oxygens (including phenoxy) is 2. The first kappa shape index (κ1) is 16.1. The largest absolute Gasteiger partial charge is 0.497 e. The lowest BCUT2D eigenvalue weighted by Gasteiger charge is -2.19. The average Bonchev–Trinajstić information content (AvgIpc) is 2.87. The lowest BCUT2D eigenvalue weighted by molar-refractivity contribution is -0.127. The van der Waals surface area contributed by atoms with Gasteiger partial charge in [-0.3, -0.25) is 9.59 Å². The molecule has 1 aromatic rings. The van der Waals surface area contributed by atoms with Gasteiger partial charge < -0.3 is 25.4 Å². The van der Waals surface area contributed by atoms with Crippen molar-refractivity contribution in [2.45, 2.75) is 25.4 Å². The van der Waals surface area contributed by atoms with Gasteiger partial charge in [0.1, 0.15) is 17.5 Å². The fourth-order valence-corrected chi connectivity index (χ4v) is 2.32. The maximum absolute atomic E-state index is 12.5. The topological polar surface area (TPSA) is 93.9 Å². The number of hydrogen-bond donors (Lipinski definition) is 2. The number of carbonyl (C=O) groups is 2. The highest BCUT2D eigenvalue weighted by Gasteiger charge is 2.34. The number of nitrogens with two attached hydrogens (primary N) is 1. The van der Waals surface area contributed by atoms with E-state index in [1.54, 1.807) is 44.2 Å². The minimum Gasteiger partial charge on any atom is -0.497 e. The molecular weight excluding hydrogens is 286 g/mol. The first-order chi connectivity index (χ1) is 10.5. The third kappa shape index (κ3) is 3.30. The Balaban J connectivity index is 2.17. The zero-order valence-corrected chi connectivity index (χ0v) is 13.0.